The molecular weight excluding hydrogens is 304 g/mol. The first-order chi connectivity index (χ1) is 12.1. The second kappa shape index (κ2) is 17.4. The van der Waals surface area contributed by atoms with Gasteiger partial charge in [0.1, 0.15) is 0 Å². The van der Waals surface area contributed by atoms with E-state index in [1.54, 1.807) is 0 Å². The number of rotatable bonds is 19. The molecule has 0 fully saturated rings. The first-order valence-corrected chi connectivity index (χ1v) is 11.8. The van der Waals surface area contributed by atoms with E-state index in [1.807, 2.05) is 0 Å². The maximum absolute atomic E-state index is 10.2. The van der Waals surface area contributed by atoms with Crippen LogP contribution in [-0.2, 0) is 0 Å². The number of unbranched alkanes of at least 4 members (excludes halogenated alkanes) is 7. The van der Waals surface area contributed by atoms with Crippen LogP contribution in [-0.4, -0.2) is 11.2 Å². The highest BCUT2D eigenvalue weighted by Gasteiger charge is 2.28. The van der Waals surface area contributed by atoms with E-state index in [9.17, 15) is 5.11 Å². The van der Waals surface area contributed by atoms with E-state index in [1.165, 1.54) is 103 Å². The topological polar surface area (TPSA) is 20.2 Å². The molecule has 0 heterocycles. The highest BCUT2D eigenvalue weighted by molar-refractivity contribution is 4.80. The largest absolute Gasteiger partial charge is 0.393 e. The first-order valence-electron chi connectivity index (χ1n) is 11.8. The van der Waals surface area contributed by atoms with Gasteiger partial charge >= 0.3 is 0 Å². The van der Waals surface area contributed by atoms with Crippen molar-refractivity contribution >= 4 is 0 Å². The summed E-state index contributed by atoms with van der Waals surface area (Å²) in [5.41, 5.74) is 0.572. The summed E-state index contributed by atoms with van der Waals surface area (Å²) < 4.78 is 0. The Morgan fingerprint density at radius 1 is 0.520 bits per heavy atom. The van der Waals surface area contributed by atoms with Crippen LogP contribution in [0.1, 0.15) is 143 Å². The molecule has 152 valence electrons. The van der Waals surface area contributed by atoms with Crippen molar-refractivity contribution < 1.29 is 5.11 Å². The minimum atomic E-state index is -0.0560. The zero-order valence-electron chi connectivity index (χ0n) is 18.3. The zero-order valence-corrected chi connectivity index (χ0v) is 18.3. The third-order valence-corrected chi connectivity index (χ3v) is 6.07. The van der Waals surface area contributed by atoms with E-state index in [0.29, 0.717) is 5.41 Å². The van der Waals surface area contributed by atoms with Crippen molar-refractivity contribution in [3.63, 3.8) is 0 Å². The molecule has 0 aromatic heterocycles. The van der Waals surface area contributed by atoms with E-state index in [0.717, 1.165) is 12.8 Å². The summed E-state index contributed by atoms with van der Waals surface area (Å²) in [6.45, 7) is 9.18. The van der Waals surface area contributed by atoms with Gasteiger partial charge in [-0.2, -0.15) is 0 Å². The summed E-state index contributed by atoms with van der Waals surface area (Å²) in [4.78, 5) is 0. The Labute approximate surface area is 160 Å². The third-order valence-electron chi connectivity index (χ3n) is 6.07. The molecule has 0 bridgehead atoms. The summed E-state index contributed by atoms with van der Waals surface area (Å²) in [6.07, 6.45) is 23.6. The molecule has 1 heteroatoms. The highest BCUT2D eigenvalue weighted by Crippen LogP contribution is 2.41. The number of aliphatic hydroxyl groups excluding tert-OH is 1. The average Bonchev–Trinajstić information content (AvgIpc) is 2.62. The van der Waals surface area contributed by atoms with E-state index >= 15 is 0 Å². The molecule has 0 aromatic carbocycles. The van der Waals surface area contributed by atoms with Gasteiger partial charge in [-0.15, -0.1) is 0 Å². The Hall–Kier alpha value is -0.0400. The smallest absolute Gasteiger partial charge is 0.0540 e. The van der Waals surface area contributed by atoms with Gasteiger partial charge in [-0.05, 0) is 43.9 Å². The van der Waals surface area contributed by atoms with Gasteiger partial charge in [0.15, 0.2) is 0 Å². The molecule has 1 N–H and O–H groups in total. The molecule has 0 saturated carbocycles. The van der Waals surface area contributed by atoms with Gasteiger partial charge in [-0.25, -0.2) is 0 Å². The van der Waals surface area contributed by atoms with Crippen LogP contribution in [0.4, 0.5) is 0 Å². The molecule has 0 radical (unpaired) electrons. The van der Waals surface area contributed by atoms with Crippen LogP contribution in [0.3, 0.4) is 0 Å². The predicted octanol–water partition coefficient (Wildman–Crippen LogP) is 8.44. The van der Waals surface area contributed by atoms with Gasteiger partial charge in [0.05, 0.1) is 6.10 Å². The van der Waals surface area contributed by atoms with Gasteiger partial charge in [0, 0.05) is 0 Å². The van der Waals surface area contributed by atoms with Gasteiger partial charge in [-0.3, -0.25) is 0 Å². The Morgan fingerprint density at radius 3 is 1.52 bits per heavy atom. The first kappa shape index (κ1) is 25.0. The average molecular weight is 355 g/mol. The minimum Gasteiger partial charge on any atom is -0.393 e. The maximum Gasteiger partial charge on any atom is 0.0540 e. The van der Waals surface area contributed by atoms with Crippen LogP contribution < -0.4 is 0 Å². The summed E-state index contributed by atoms with van der Waals surface area (Å²) >= 11 is 0. The van der Waals surface area contributed by atoms with Crippen molar-refractivity contribution in [1.82, 2.24) is 0 Å². The fraction of sp³-hybridized carbons (Fsp3) is 1.00. The van der Waals surface area contributed by atoms with Crippen molar-refractivity contribution in [2.24, 2.45) is 5.41 Å². The molecule has 0 spiro atoms. The second-order valence-electron chi connectivity index (χ2n) is 8.56. The fourth-order valence-corrected chi connectivity index (χ4v) is 4.25. The van der Waals surface area contributed by atoms with E-state index < -0.39 is 0 Å². The quantitative estimate of drug-likeness (QED) is 0.231. The monoisotopic (exact) mass is 354 g/mol. The predicted molar refractivity (Wildman–Crippen MR) is 114 cm³/mol. The van der Waals surface area contributed by atoms with Crippen LogP contribution in [0.5, 0.6) is 0 Å². The third kappa shape index (κ3) is 13.8. The van der Waals surface area contributed by atoms with Crippen LogP contribution in [0.2, 0.25) is 0 Å². The Bertz CT molecular complexity index is 253. The SMILES string of the molecule is CCCCCCCC(CCCC)(CCCC)CCCC(O)CCCC. The van der Waals surface area contributed by atoms with E-state index in [4.69, 9.17) is 0 Å². The highest BCUT2D eigenvalue weighted by atomic mass is 16.3. The maximum atomic E-state index is 10.2. The fourth-order valence-electron chi connectivity index (χ4n) is 4.25. The van der Waals surface area contributed by atoms with Gasteiger partial charge in [-0.1, -0.05) is 105 Å². The lowest BCUT2D eigenvalue weighted by Gasteiger charge is -2.35. The molecule has 0 amide bonds. The summed E-state index contributed by atoms with van der Waals surface area (Å²) in [5, 5.41) is 10.2. The lowest BCUT2D eigenvalue weighted by Crippen LogP contribution is -2.22. The molecule has 0 aliphatic heterocycles. The molecule has 1 atom stereocenters. The van der Waals surface area contributed by atoms with Crippen molar-refractivity contribution in [3.05, 3.63) is 0 Å². The molecule has 0 aliphatic rings. The molecule has 1 nitrogen and oxygen atoms in total. The number of hydrogen-bond donors (Lipinski definition) is 1. The Balaban J connectivity index is 4.52. The molecule has 0 aromatic rings. The van der Waals surface area contributed by atoms with E-state index in [2.05, 4.69) is 27.7 Å². The van der Waals surface area contributed by atoms with Crippen LogP contribution in [0.25, 0.3) is 0 Å². The molecule has 0 rings (SSSR count). The summed E-state index contributed by atoms with van der Waals surface area (Å²) in [6, 6.07) is 0. The summed E-state index contributed by atoms with van der Waals surface area (Å²) in [5.74, 6) is 0. The van der Waals surface area contributed by atoms with Crippen molar-refractivity contribution in [2.75, 3.05) is 0 Å². The molecule has 0 aliphatic carbocycles. The minimum absolute atomic E-state index is 0.0560. The van der Waals surface area contributed by atoms with Gasteiger partial charge in [0.25, 0.3) is 0 Å². The van der Waals surface area contributed by atoms with Crippen molar-refractivity contribution in [1.29, 1.82) is 0 Å². The zero-order chi connectivity index (χ0) is 18.8. The number of hydrogen-bond acceptors (Lipinski definition) is 1. The van der Waals surface area contributed by atoms with Crippen LogP contribution in [0, 0.1) is 5.41 Å². The van der Waals surface area contributed by atoms with Gasteiger partial charge in [0.2, 0.25) is 0 Å². The van der Waals surface area contributed by atoms with Crippen LogP contribution >= 0.6 is 0 Å². The standard InChI is InChI=1S/C24H50O/c1-5-9-13-14-15-21-24(19-11-7-3,20-12-8-4)22-16-18-23(25)17-10-6-2/h23,25H,5-22H2,1-4H3. The second-order valence-corrected chi connectivity index (χ2v) is 8.56. The Morgan fingerprint density at radius 2 is 0.960 bits per heavy atom. The van der Waals surface area contributed by atoms with Crippen LogP contribution in [0.15, 0.2) is 0 Å². The number of aliphatic hydroxyl groups is 1. The molecule has 1 unspecified atom stereocenters. The van der Waals surface area contributed by atoms with Crippen molar-refractivity contribution in [2.45, 2.75) is 149 Å². The lowest BCUT2D eigenvalue weighted by atomic mass is 9.71. The molecular formula is C24H50O. The van der Waals surface area contributed by atoms with Gasteiger partial charge < -0.3 is 5.11 Å². The Kier molecular flexibility index (Phi) is 17.3. The summed E-state index contributed by atoms with van der Waals surface area (Å²) in [7, 11) is 0. The van der Waals surface area contributed by atoms with E-state index in [-0.39, 0.29) is 6.10 Å². The molecule has 0 saturated heterocycles. The normalized spacial score (nSPS) is 13.3. The molecule has 25 heavy (non-hydrogen) atoms. The lowest BCUT2D eigenvalue weighted by molar-refractivity contribution is 0.127. The van der Waals surface area contributed by atoms with Crippen molar-refractivity contribution in [3.8, 4) is 0 Å².